The summed E-state index contributed by atoms with van der Waals surface area (Å²) in [5, 5.41) is 22.1. The van der Waals surface area contributed by atoms with Crippen molar-refractivity contribution in [3.63, 3.8) is 0 Å². The number of nitro groups is 1. The Morgan fingerprint density at radius 1 is 1.50 bits per heavy atom. The Bertz CT molecular complexity index is 704. The van der Waals surface area contributed by atoms with Crippen LogP contribution in [0, 0.1) is 16.0 Å². The van der Waals surface area contributed by atoms with Crippen LogP contribution in [-0.4, -0.2) is 47.5 Å². The Labute approximate surface area is 136 Å². The highest BCUT2D eigenvalue weighted by Crippen LogP contribution is 2.35. The fraction of sp³-hybridized carbons (Fsp3) is 0.357. The standard InChI is InChI=1S/C14H15N3O7/c1-8(14(20)21)5-15-12(18)6-16-10-4-9(17(22)23)2-3-11(10)24-7-13(16)19/h2-4,8H,5-7H2,1H3,(H,15,18)(H,20,21). The lowest BCUT2D eigenvalue weighted by Crippen LogP contribution is -2.46. The maximum atomic E-state index is 12.0. The van der Waals surface area contributed by atoms with Crippen molar-refractivity contribution in [2.24, 2.45) is 5.92 Å². The number of nitrogens with one attached hydrogen (secondary N) is 1. The van der Waals surface area contributed by atoms with E-state index in [1.165, 1.54) is 19.1 Å². The van der Waals surface area contributed by atoms with Crippen molar-refractivity contribution in [2.45, 2.75) is 6.92 Å². The molecule has 1 aromatic carbocycles. The van der Waals surface area contributed by atoms with Crippen molar-refractivity contribution >= 4 is 29.2 Å². The van der Waals surface area contributed by atoms with Crippen molar-refractivity contribution < 1.29 is 29.2 Å². The van der Waals surface area contributed by atoms with E-state index in [0.29, 0.717) is 0 Å². The number of carboxylic acids is 1. The summed E-state index contributed by atoms with van der Waals surface area (Å²) in [6.45, 7) is 0.669. The molecule has 128 valence electrons. The molecule has 1 atom stereocenters. The second-order valence-electron chi connectivity index (χ2n) is 5.22. The van der Waals surface area contributed by atoms with Crippen LogP contribution in [0.5, 0.6) is 5.75 Å². The van der Waals surface area contributed by atoms with E-state index in [-0.39, 0.29) is 36.8 Å². The van der Waals surface area contributed by atoms with Crippen LogP contribution < -0.4 is 15.0 Å². The molecule has 2 rings (SSSR count). The Balaban J connectivity index is 2.14. The molecule has 0 saturated carbocycles. The van der Waals surface area contributed by atoms with Gasteiger partial charge in [-0.05, 0) is 6.07 Å². The highest BCUT2D eigenvalue weighted by atomic mass is 16.6. The molecule has 0 saturated heterocycles. The Hall–Kier alpha value is -3.17. The number of carboxylic acid groups (broad SMARTS) is 1. The minimum atomic E-state index is -1.06. The fourth-order valence-corrected chi connectivity index (χ4v) is 2.03. The highest BCUT2D eigenvalue weighted by molar-refractivity contribution is 6.02. The molecular formula is C14H15N3O7. The van der Waals surface area contributed by atoms with Gasteiger partial charge in [0.1, 0.15) is 12.3 Å². The molecule has 0 bridgehead atoms. The van der Waals surface area contributed by atoms with Crippen LogP contribution in [0.3, 0.4) is 0 Å². The molecule has 2 N–H and O–H groups in total. The van der Waals surface area contributed by atoms with Crippen LogP contribution in [-0.2, 0) is 14.4 Å². The monoisotopic (exact) mass is 337 g/mol. The van der Waals surface area contributed by atoms with E-state index in [1.807, 2.05) is 0 Å². The number of anilines is 1. The predicted molar refractivity (Wildman–Crippen MR) is 80.8 cm³/mol. The first-order valence-corrected chi connectivity index (χ1v) is 7.00. The van der Waals surface area contributed by atoms with Crippen LogP contribution in [0.15, 0.2) is 18.2 Å². The first-order chi connectivity index (χ1) is 11.3. The second-order valence-corrected chi connectivity index (χ2v) is 5.22. The molecule has 0 aromatic heterocycles. The number of ether oxygens (including phenoxy) is 1. The van der Waals surface area contributed by atoms with Gasteiger partial charge in [0.2, 0.25) is 5.91 Å². The normalized spacial score (nSPS) is 14.4. The number of rotatable bonds is 6. The third-order valence-electron chi connectivity index (χ3n) is 3.43. The van der Waals surface area contributed by atoms with Crippen molar-refractivity contribution in [3.8, 4) is 5.75 Å². The average molecular weight is 337 g/mol. The molecule has 1 aliphatic rings. The van der Waals surface area contributed by atoms with Gasteiger partial charge in [0, 0.05) is 18.7 Å². The van der Waals surface area contributed by atoms with Gasteiger partial charge < -0.3 is 15.2 Å². The number of benzene rings is 1. The Morgan fingerprint density at radius 2 is 2.21 bits per heavy atom. The minimum Gasteiger partial charge on any atom is -0.482 e. The number of aliphatic carboxylic acids is 1. The summed E-state index contributed by atoms with van der Waals surface area (Å²) in [6.07, 6.45) is 0. The maximum Gasteiger partial charge on any atom is 0.308 e. The fourth-order valence-electron chi connectivity index (χ4n) is 2.03. The lowest BCUT2D eigenvalue weighted by molar-refractivity contribution is -0.384. The molecular weight excluding hydrogens is 322 g/mol. The van der Waals surface area contributed by atoms with Gasteiger partial charge in [0.25, 0.3) is 11.6 Å². The van der Waals surface area contributed by atoms with E-state index in [0.717, 1.165) is 11.0 Å². The van der Waals surface area contributed by atoms with Gasteiger partial charge in [-0.2, -0.15) is 0 Å². The van der Waals surface area contributed by atoms with E-state index < -0.39 is 28.6 Å². The summed E-state index contributed by atoms with van der Waals surface area (Å²) >= 11 is 0. The lowest BCUT2D eigenvalue weighted by atomic mass is 10.2. The van der Waals surface area contributed by atoms with Gasteiger partial charge in [-0.1, -0.05) is 6.92 Å². The van der Waals surface area contributed by atoms with Crippen LogP contribution in [0.4, 0.5) is 11.4 Å². The molecule has 0 aliphatic carbocycles. The number of carbonyl (C=O) groups is 3. The smallest absolute Gasteiger partial charge is 0.308 e. The van der Waals surface area contributed by atoms with E-state index in [1.54, 1.807) is 0 Å². The largest absolute Gasteiger partial charge is 0.482 e. The van der Waals surface area contributed by atoms with Gasteiger partial charge in [0.05, 0.1) is 16.5 Å². The predicted octanol–water partition coefficient (Wildman–Crippen LogP) is 0.157. The molecule has 24 heavy (non-hydrogen) atoms. The van der Waals surface area contributed by atoms with E-state index in [9.17, 15) is 24.5 Å². The van der Waals surface area contributed by atoms with E-state index >= 15 is 0 Å². The molecule has 0 radical (unpaired) electrons. The molecule has 10 heteroatoms. The number of hydrogen-bond donors (Lipinski definition) is 2. The van der Waals surface area contributed by atoms with Crippen molar-refractivity contribution in [1.29, 1.82) is 0 Å². The van der Waals surface area contributed by atoms with Crippen molar-refractivity contribution in [1.82, 2.24) is 5.32 Å². The zero-order valence-corrected chi connectivity index (χ0v) is 12.7. The zero-order chi connectivity index (χ0) is 17.9. The van der Waals surface area contributed by atoms with Crippen LogP contribution in [0.1, 0.15) is 6.92 Å². The van der Waals surface area contributed by atoms with E-state index in [4.69, 9.17) is 9.84 Å². The quantitative estimate of drug-likeness (QED) is 0.556. The first kappa shape index (κ1) is 17.2. The Kier molecular flexibility index (Phi) is 4.97. The summed E-state index contributed by atoms with van der Waals surface area (Å²) in [4.78, 5) is 46.0. The molecule has 2 amide bonds. The maximum absolute atomic E-state index is 12.0. The SMILES string of the molecule is CC(CNC(=O)CN1C(=O)COc2ccc([N+](=O)[O-])cc21)C(=O)O. The number of fused-ring (bicyclic) bond motifs is 1. The number of nitro benzene ring substituents is 1. The molecule has 0 spiro atoms. The summed E-state index contributed by atoms with van der Waals surface area (Å²) in [6, 6.07) is 3.75. The molecule has 0 fully saturated rings. The lowest BCUT2D eigenvalue weighted by Gasteiger charge is -2.28. The number of carbonyl (C=O) groups excluding carboxylic acids is 2. The third kappa shape index (κ3) is 3.77. The van der Waals surface area contributed by atoms with Crippen LogP contribution in [0.2, 0.25) is 0 Å². The summed E-state index contributed by atoms with van der Waals surface area (Å²) in [5.74, 6) is -2.67. The number of hydrogen-bond acceptors (Lipinski definition) is 6. The van der Waals surface area contributed by atoms with Crippen LogP contribution in [0.25, 0.3) is 0 Å². The molecule has 1 aromatic rings. The molecule has 1 unspecified atom stereocenters. The molecule has 10 nitrogen and oxygen atoms in total. The summed E-state index contributed by atoms with van der Waals surface area (Å²) in [5.41, 5.74) is -0.112. The van der Waals surface area contributed by atoms with Gasteiger partial charge in [0.15, 0.2) is 6.61 Å². The second kappa shape index (κ2) is 6.94. The van der Waals surface area contributed by atoms with Crippen LogP contribution >= 0.6 is 0 Å². The zero-order valence-electron chi connectivity index (χ0n) is 12.7. The van der Waals surface area contributed by atoms with Crippen molar-refractivity contribution in [2.75, 3.05) is 24.6 Å². The van der Waals surface area contributed by atoms with E-state index in [2.05, 4.69) is 5.32 Å². The highest BCUT2D eigenvalue weighted by Gasteiger charge is 2.29. The molecule has 1 aliphatic heterocycles. The van der Waals surface area contributed by atoms with Gasteiger partial charge in [-0.25, -0.2) is 0 Å². The number of nitrogens with zero attached hydrogens (tertiary/aromatic N) is 2. The average Bonchev–Trinajstić information content (AvgIpc) is 2.54. The number of amides is 2. The van der Waals surface area contributed by atoms with Gasteiger partial charge >= 0.3 is 5.97 Å². The molecule has 1 heterocycles. The topological polar surface area (TPSA) is 139 Å². The first-order valence-electron chi connectivity index (χ1n) is 7.00. The van der Waals surface area contributed by atoms with Gasteiger partial charge in [-0.15, -0.1) is 0 Å². The third-order valence-corrected chi connectivity index (χ3v) is 3.43. The van der Waals surface area contributed by atoms with Gasteiger partial charge in [-0.3, -0.25) is 29.4 Å². The van der Waals surface area contributed by atoms with Crippen molar-refractivity contribution in [3.05, 3.63) is 28.3 Å². The number of non-ortho nitro benzene ring substituents is 1. The summed E-state index contributed by atoms with van der Waals surface area (Å²) in [7, 11) is 0. The summed E-state index contributed by atoms with van der Waals surface area (Å²) < 4.78 is 5.19. The minimum absolute atomic E-state index is 0.0888. The Morgan fingerprint density at radius 3 is 2.83 bits per heavy atom.